The molecule has 0 spiro atoms. The van der Waals surface area contributed by atoms with E-state index in [0.717, 1.165) is 0 Å². The molecule has 0 radical (unpaired) electrons. The van der Waals surface area contributed by atoms with Crippen LogP contribution in [-0.4, -0.2) is 52.9 Å². The maximum absolute atomic E-state index is 12.4. The summed E-state index contributed by atoms with van der Waals surface area (Å²) in [6, 6.07) is 1.45. The van der Waals surface area contributed by atoms with Crippen LogP contribution < -0.4 is 0 Å². The molecule has 0 unspecified atom stereocenters. The van der Waals surface area contributed by atoms with E-state index in [1.54, 1.807) is 35.9 Å². The zero-order valence-corrected chi connectivity index (χ0v) is 11.2. The second-order valence-corrected chi connectivity index (χ2v) is 4.98. The molecule has 2 atom stereocenters. The summed E-state index contributed by atoms with van der Waals surface area (Å²) in [5.74, 6) is -0.122. The van der Waals surface area contributed by atoms with Crippen molar-refractivity contribution in [2.24, 2.45) is 7.05 Å². The third-order valence-electron chi connectivity index (χ3n) is 3.37. The van der Waals surface area contributed by atoms with Crippen LogP contribution in [0.15, 0.2) is 12.3 Å². The third kappa shape index (κ3) is 2.39. The van der Waals surface area contributed by atoms with Gasteiger partial charge in [-0.25, -0.2) is 0 Å². The normalized spacial score (nSPS) is 23.7. The molecule has 100 valence electrons. The molecule has 18 heavy (non-hydrogen) atoms. The first-order valence-electron chi connectivity index (χ1n) is 5.83. The lowest BCUT2D eigenvalue weighted by molar-refractivity contribution is 0.0638. The first kappa shape index (κ1) is 13.4. The number of carbonyl (C=O) groups excluding carboxylic acids is 1. The van der Waals surface area contributed by atoms with Crippen LogP contribution >= 0.6 is 11.6 Å². The quantitative estimate of drug-likeness (QED) is 0.890. The van der Waals surface area contributed by atoms with E-state index in [1.807, 2.05) is 0 Å². The number of aryl methyl sites for hydroxylation is 1. The van der Waals surface area contributed by atoms with Crippen LogP contribution in [0.25, 0.3) is 0 Å². The lowest BCUT2D eigenvalue weighted by Gasteiger charge is -2.22. The van der Waals surface area contributed by atoms with Gasteiger partial charge >= 0.3 is 0 Å². The molecule has 2 heterocycles. The van der Waals surface area contributed by atoms with Crippen molar-refractivity contribution in [3.63, 3.8) is 0 Å². The summed E-state index contributed by atoms with van der Waals surface area (Å²) in [6.45, 7) is 0.452. The highest BCUT2D eigenvalue weighted by atomic mass is 35.5. The molecule has 1 saturated heterocycles. The lowest BCUT2D eigenvalue weighted by Crippen LogP contribution is -2.38. The van der Waals surface area contributed by atoms with Gasteiger partial charge in [-0.2, -0.15) is 0 Å². The van der Waals surface area contributed by atoms with Crippen LogP contribution in [0.1, 0.15) is 16.9 Å². The van der Waals surface area contributed by atoms with Crippen LogP contribution in [0.2, 0.25) is 5.02 Å². The highest BCUT2D eigenvalue weighted by Crippen LogP contribution is 2.23. The summed E-state index contributed by atoms with van der Waals surface area (Å²) >= 11 is 5.88. The molecule has 0 aromatic carbocycles. The number of hydrogen-bond donors (Lipinski definition) is 1. The summed E-state index contributed by atoms with van der Waals surface area (Å²) in [5, 5.41) is 9.87. The summed E-state index contributed by atoms with van der Waals surface area (Å²) in [7, 11) is 3.39. The summed E-state index contributed by atoms with van der Waals surface area (Å²) in [4.78, 5) is 14.0. The largest absolute Gasteiger partial charge is 0.394 e. The van der Waals surface area contributed by atoms with Crippen LogP contribution in [0.3, 0.4) is 0 Å². The first-order chi connectivity index (χ1) is 8.56. The van der Waals surface area contributed by atoms with Crippen LogP contribution in [0.4, 0.5) is 0 Å². The predicted molar refractivity (Wildman–Crippen MR) is 67.7 cm³/mol. The molecular formula is C12H17ClN2O3. The maximum Gasteiger partial charge on any atom is 0.270 e. The number of methoxy groups -OCH3 is 1. The third-order valence-corrected chi connectivity index (χ3v) is 3.58. The second kappa shape index (κ2) is 5.30. The van der Waals surface area contributed by atoms with Gasteiger partial charge in [-0.15, -0.1) is 0 Å². The number of hydrogen-bond acceptors (Lipinski definition) is 3. The van der Waals surface area contributed by atoms with Gasteiger partial charge in [0.1, 0.15) is 5.69 Å². The first-order valence-corrected chi connectivity index (χ1v) is 6.21. The van der Waals surface area contributed by atoms with Crippen molar-refractivity contribution in [3.05, 3.63) is 23.0 Å². The molecule has 1 N–H and O–H groups in total. The van der Waals surface area contributed by atoms with E-state index in [-0.39, 0.29) is 24.7 Å². The molecule has 0 aliphatic carbocycles. The topological polar surface area (TPSA) is 54.7 Å². The van der Waals surface area contributed by atoms with Crippen molar-refractivity contribution >= 4 is 17.5 Å². The van der Waals surface area contributed by atoms with Gasteiger partial charge in [0.15, 0.2) is 0 Å². The standard InChI is InChI=1S/C12H17ClN2O3/c1-14-5-8(13)3-11(14)12(17)15-6-10(18-2)4-9(15)7-16/h3,5,9-10,16H,4,6-7H2,1-2H3/t9-,10+/m0/s1. The minimum atomic E-state index is -0.184. The minimum Gasteiger partial charge on any atom is -0.394 e. The van der Waals surface area contributed by atoms with E-state index in [1.165, 1.54) is 0 Å². The Morgan fingerprint density at radius 3 is 2.89 bits per heavy atom. The van der Waals surface area contributed by atoms with Crippen molar-refractivity contribution in [2.75, 3.05) is 20.3 Å². The Labute approximate surface area is 111 Å². The highest BCUT2D eigenvalue weighted by molar-refractivity contribution is 6.31. The SMILES string of the molecule is CO[C@@H]1C[C@@H](CO)N(C(=O)c2cc(Cl)cn2C)C1. The molecule has 0 saturated carbocycles. The fourth-order valence-corrected chi connectivity index (χ4v) is 2.60. The zero-order chi connectivity index (χ0) is 13.3. The van der Waals surface area contributed by atoms with Crippen LogP contribution in [-0.2, 0) is 11.8 Å². The van der Waals surface area contributed by atoms with Gasteiger partial charge < -0.3 is 19.3 Å². The Balaban J connectivity index is 2.20. The van der Waals surface area contributed by atoms with E-state index < -0.39 is 0 Å². The van der Waals surface area contributed by atoms with Crippen molar-refractivity contribution in [3.8, 4) is 0 Å². The van der Waals surface area contributed by atoms with Crippen molar-refractivity contribution in [1.82, 2.24) is 9.47 Å². The Morgan fingerprint density at radius 2 is 2.39 bits per heavy atom. The Morgan fingerprint density at radius 1 is 1.67 bits per heavy atom. The fraction of sp³-hybridized carbons (Fsp3) is 0.583. The van der Waals surface area contributed by atoms with Gasteiger partial charge in [0.05, 0.1) is 23.8 Å². The van der Waals surface area contributed by atoms with Gasteiger partial charge in [0.25, 0.3) is 5.91 Å². The van der Waals surface area contributed by atoms with Crippen molar-refractivity contribution in [2.45, 2.75) is 18.6 Å². The number of amides is 1. The number of aliphatic hydroxyl groups is 1. The maximum atomic E-state index is 12.4. The number of aliphatic hydroxyl groups excluding tert-OH is 1. The number of ether oxygens (including phenoxy) is 1. The van der Waals surface area contributed by atoms with Gasteiger partial charge in [-0.1, -0.05) is 11.6 Å². The molecule has 1 aliphatic heterocycles. The molecule has 5 nitrogen and oxygen atoms in total. The highest BCUT2D eigenvalue weighted by Gasteiger charge is 2.36. The Kier molecular flexibility index (Phi) is 3.94. The van der Waals surface area contributed by atoms with Gasteiger partial charge in [-0.3, -0.25) is 4.79 Å². The lowest BCUT2D eigenvalue weighted by atomic mass is 10.2. The molecule has 0 bridgehead atoms. The summed E-state index contributed by atoms with van der Waals surface area (Å²) in [5.41, 5.74) is 0.523. The smallest absolute Gasteiger partial charge is 0.270 e. The summed E-state index contributed by atoms with van der Waals surface area (Å²) < 4.78 is 6.95. The van der Waals surface area contributed by atoms with E-state index >= 15 is 0 Å². The molecule has 2 rings (SSSR count). The van der Waals surface area contributed by atoms with Crippen LogP contribution in [0, 0.1) is 0 Å². The number of nitrogens with zero attached hydrogens (tertiary/aromatic N) is 2. The predicted octanol–water partition coefficient (Wildman–Crippen LogP) is 0.900. The van der Waals surface area contributed by atoms with E-state index in [2.05, 4.69) is 0 Å². The molecule has 1 fully saturated rings. The number of halogens is 1. The molecule has 1 aromatic rings. The van der Waals surface area contributed by atoms with Gasteiger partial charge in [-0.05, 0) is 12.5 Å². The molecular weight excluding hydrogens is 256 g/mol. The molecule has 1 amide bonds. The monoisotopic (exact) mass is 272 g/mol. The second-order valence-electron chi connectivity index (χ2n) is 4.54. The van der Waals surface area contributed by atoms with Crippen LogP contribution in [0.5, 0.6) is 0 Å². The minimum absolute atomic E-state index is 0.0122. The Bertz CT molecular complexity index is 447. The molecule has 6 heteroatoms. The Hall–Kier alpha value is -1.04. The number of carbonyl (C=O) groups is 1. The van der Waals surface area contributed by atoms with Gasteiger partial charge in [0, 0.05) is 26.9 Å². The number of rotatable bonds is 3. The van der Waals surface area contributed by atoms with Gasteiger partial charge in [0.2, 0.25) is 0 Å². The van der Waals surface area contributed by atoms with E-state index in [0.29, 0.717) is 23.7 Å². The molecule has 1 aromatic heterocycles. The number of likely N-dealkylation sites (tertiary alicyclic amines) is 1. The summed E-state index contributed by atoms with van der Waals surface area (Å²) in [6.07, 6.45) is 2.34. The average Bonchev–Trinajstić information content (AvgIpc) is 2.91. The zero-order valence-electron chi connectivity index (χ0n) is 10.5. The van der Waals surface area contributed by atoms with Crippen molar-refractivity contribution < 1.29 is 14.6 Å². The van der Waals surface area contributed by atoms with E-state index in [4.69, 9.17) is 16.3 Å². The fourth-order valence-electron chi connectivity index (χ4n) is 2.35. The molecule has 1 aliphatic rings. The van der Waals surface area contributed by atoms with E-state index in [9.17, 15) is 9.90 Å². The number of aromatic nitrogens is 1. The average molecular weight is 273 g/mol. The van der Waals surface area contributed by atoms with Crippen molar-refractivity contribution in [1.29, 1.82) is 0 Å².